The van der Waals surface area contributed by atoms with Crippen LogP contribution in [0.25, 0.3) is 0 Å². The molecule has 208 valence electrons. The summed E-state index contributed by atoms with van der Waals surface area (Å²) in [5.41, 5.74) is 2.90. The minimum Gasteiger partial charge on any atom is -0.388 e. The molecule has 5 rings (SSSR count). The number of oxime groups is 1. The van der Waals surface area contributed by atoms with Crippen LogP contribution in [-0.2, 0) is 15.0 Å². The van der Waals surface area contributed by atoms with Crippen molar-refractivity contribution in [1.29, 1.82) is 0 Å². The minimum atomic E-state index is -0.523. The van der Waals surface area contributed by atoms with E-state index < -0.39 is 5.60 Å². The number of nitrogens with one attached hydrogen (secondary N) is 1. The standard InChI is InChI=1S/C29H37ClN6O3/c1-20-7-5-8-21(28(2,3)4)24(20)32-27(38)36-13-10-29(11-14-36)19-23(33-39-29)26(37)35-17-15-34(16-18-35)25-22(30)9-6-12-31-25/h5-9,12H,10-11,13-19H2,1-4H3,(H,32,38). The van der Waals surface area contributed by atoms with E-state index >= 15 is 0 Å². The van der Waals surface area contributed by atoms with Crippen LogP contribution < -0.4 is 10.2 Å². The quantitative estimate of drug-likeness (QED) is 0.589. The van der Waals surface area contributed by atoms with Gasteiger partial charge in [-0.15, -0.1) is 0 Å². The summed E-state index contributed by atoms with van der Waals surface area (Å²) in [5, 5.41) is 8.00. The van der Waals surface area contributed by atoms with Gasteiger partial charge in [0.2, 0.25) is 0 Å². The van der Waals surface area contributed by atoms with Gasteiger partial charge in [0.25, 0.3) is 5.91 Å². The summed E-state index contributed by atoms with van der Waals surface area (Å²) in [6, 6.07) is 9.65. The fourth-order valence-corrected chi connectivity index (χ4v) is 5.82. The van der Waals surface area contributed by atoms with Crippen LogP contribution in [0.3, 0.4) is 0 Å². The average molecular weight is 553 g/mol. The predicted molar refractivity (Wildman–Crippen MR) is 154 cm³/mol. The first-order valence-corrected chi connectivity index (χ1v) is 14.0. The molecule has 4 heterocycles. The molecule has 2 saturated heterocycles. The van der Waals surface area contributed by atoms with E-state index in [0.29, 0.717) is 69.3 Å². The minimum absolute atomic E-state index is 0.0759. The monoisotopic (exact) mass is 552 g/mol. The normalized spacial score (nSPS) is 19.1. The summed E-state index contributed by atoms with van der Waals surface area (Å²) in [6.45, 7) is 12.0. The fourth-order valence-electron chi connectivity index (χ4n) is 5.58. The second-order valence-corrected chi connectivity index (χ2v) is 12.1. The number of aromatic nitrogens is 1. The molecule has 3 aliphatic rings. The molecule has 0 atom stereocenters. The Morgan fingerprint density at radius 3 is 2.38 bits per heavy atom. The van der Waals surface area contributed by atoms with Crippen LogP contribution in [0.15, 0.2) is 41.7 Å². The van der Waals surface area contributed by atoms with Crippen molar-refractivity contribution in [3.05, 3.63) is 52.7 Å². The van der Waals surface area contributed by atoms with Gasteiger partial charge in [-0.2, -0.15) is 0 Å². The second-order valence-electron chi connectivity index (χ2n) is 11.7. The summed E-state index contributed by atoms with van der Waals surface area (Å²) in [7, 11) is 0. The Labute approximate surface area is 235 Å². The number of urea groups is 1. The smallest absolute Gasteiger partial charge is 0.321 e. The number of piperazine rings is 1. The largest absolute Gasteiger partial charge is 0.388 e. The van der Waals surface area contributed by atoms with Gasteiger partial charge in [-0.1, -0.05) is 55.7 Å². The predicted octanol–water partition coefficient (Wildman–Crippen LogP) is 4.83. The van der Waals surface area contributed by atoms with Gasteiger partial charge in [0, 0.05) is 70.4 Å². The zero-order valence-electron chi connectivity index (χ0n) is 23.2. The van der Waals surface area contributed by atoms with Crippen molar-refractivity contribution >= 4 is 40.8 Å². The summed E-state index contributed by atoms with van der Waals surface area (Å²) in [5.74, 6) is 0.674. The number of piperidine rings is 1. The van der Waals surface area contributed by atoms with Crippen molar-refractivity contribution in [1.82, 2.24) is 14.8 Å². The van der Waals surface area contributed by atoms with Gasteiger partial charge in [0.15, 0.2) is 0 Å². The lowest BCUT2D eigenvalue weighted by Crippen LogP contribution is -2.52. The number of rotatable bonds is 3. The van der Waals surface area contributed by atoms with E-state index in [1.54, 1.807) is 6.20 Å². The van der Waals surface area contributed by atoms with Gasteiger partial charge >= 0.3 is 6.03 Å². The highest BCUT2D eigenvalue weighted by Crippen LogP contribution is 2.36. The molecule has 2 fully saturated rings. The second kappa shape index (κ2) is 10.7. The Morgan fingerprint density at radius 1 is 1.00 bits per heavy atom. The molecule has 1 aromatic heterocycles. The number of aryl methyl sites for hydroxylation is 1. The van der Waals surface area contributed by atoms with Gasteiger partial charge in [0.1, 0.15) is 17.1 Å². The number of pyridine rings is 1. The molecule has 1 spiro atoms. The Morgan fingerprint density at radius 2 is 1.72 bits per heavy atom. The first-order chi connectivity index (χ1) is 18.6. The van der Waals surface area contributed by atoms with Crippen molar-refractivity contribution in [2.45, 2.75) is 58.0 Å². The van der Waals surface area contributed by atoms with Crippen LogP contribution in [0.2, 0.25) is 5.02 Å². The first kappa shape index (κ1) is 27.2. The molecule has 1 N–H and O–H groups in total. The summed E-state index contributed by atoms with van der Waals surface area (Å²) in [6.07, 6.45) is 3.46. The van der Waals surface area contributed by atoms with Crippen LogP contribution in [0.4, 0.5) is 16.3 Å². The average Bonchev–Trinajstić information content (AvgIpc) is 3.33. The summed E-state index contributed by atoms with van der Waals surface area (Å²) in [4.78, 5) is 42.5. The lowest BCUT2D eigenvalue weighted by atomic mass is 9.84. The zero-order valence-corrected chi connectivity index (χ0v) is 23.9. The lowest BCUT2D eigenvalue weighted by molar-refractivity contribution is -0.124. The number of hydrogen-bond acceptors (Lipinski definition) is 6. The molecule has 1 aromatic carbocycles. The third-order valence-electron chi connectivity index (χ3n) is 7.97. The number of carbonyl (C=O) groups is 2. The molecule has 2 aromatic rings. The van der Waals surface area contributed by atoms with Crippen molar-refractivity contribution in [3.8, 4) is 0 Å². The Kier molecular flexibility index (Phi) is 7.46. The van der Waals surface area contributed by atoms with Crippen molar-refractivity contribution < 1.29 is 14.4 Å². The summed E-state index contributed by atoms with van der Waals surface area (Å²) >= 11 is 6.30. The molecule has 9 nitrogen and oxygen atoms in total. The molecular weight excluding hydrogens is 516 g/mol. The number of benzene rings is 1. The number of likely N-dealkylation sites (tertiary alicyclic amines) is 1. The Hall–Kier alpha value is -3.33. The van der Waals surface area contributed by atoms with E-state index in [0.717, 1.165) is 22.6 Å². The number of nitrogens with zero attached hydrogens (tertiary/aromatic N) is 5. The highest BCUT2D eigenvalue weighted by molar-refractivity contribution is 6.39. The maximum atomic E-state index is 13.2. The SMILES string of the molecule is Cc1cccc(C(C)(C)C)c1NC(=O)N1CCC2(CC1)CC(C(=O)N1CCN(c3ncccc3Cl)CC1)=NO2. The molecule has 0 saturated carbocycles. The number of anilines is 2. The third-order valence-corrected chi connectivity index (χ3v) is 8.26. The van der Waals surface area contributed by atoms with E-state index in [4.69, 9.17) is 16.4 Å². The third kappa shape index (κ3) is 5.69. The van der Waals surface area contributed by atoms with Crippen LogP contribution in [0.1, 0.15) is 51.2 Å². The van der Waals surface area contributed by atoms with E-state index in [2.05, 4.69) is 47.2 Å². The lowest BCUT2D eigenvalue weighted by Gasteiger charge is -2.38. The van der Waals surface area contributed by atoms with E-state index in [-0.39, 0.29) is 17.4 Å². The van der Waals surface area contributed by atoms with E-state index in [1.165, 1.54) is 0 Å². The van der Waals surface area contributed by atoms with Gasteiger partial charge in [-0.05, 0) is 35.6 Å². The maximum absolute atomic E-state index is 13.2. The topological polar surface area (TPSA) is 90.4 Å². The van der Waals surface area contributed by atoms with Crippen LogP contribution in [-0.4, -0.2) is 77.3 Å². The van der Waals surface area contributed by atoms with Crippen molar-refractivity contribution in [3.63, 3.8) is 0 Å². The number of halogens is 1. The van der Waals surface area contributed by atoms with Crippen LogP contribution in [0, 0.1) is 6.92 Å². The van der Waals surface area contributed by atoms with E-state index in [1.807, 2.05) is 41.0 Å². The molecule has 10 heteroatoms. The highest BCUT2D eigenvalue weighted by atomic mass is 35.5. The Balaban J connectivity index is 1.14. The van der Waals surface area contributed by atoms with E-state index in [9.17, 15) is 9.59 Å². The fraction of sp³-hybridized carbons (Fsp3) is 0.517. The van der Waals surface area contributed by atoms with Gasteiger partial charge < -0.3 is 24.9 Å². The van der Waals surface area contributed by atoms with Crippen LogP contribution >= 0.6 is 11.6 Å². The Bertz CT molecular complexity index is 1270. The molecular formula is C29H37ClN6O3. The molecule has 0 aliphatic carbocycles. The number of para-hydroxylation sites is 1. The molecule has 0 radical (unpaired) electrons. The van der Waals surface area contributed by atoms with Crippen molar-refractivity contribution in [2.75, 3.05) is 49.5 Å². The number of amides is 3. The van der Waals surface area contributed by atoms with Crippen molar-refractivity contribution in [2.24, 2.45) is 5.16 Å². The maximum Gasteiger partial charge on any atom is 0.321 e. The number of carbonyl (C=O) groups excluding carboxylic acids is 2. The molecule has 0 bridgehead atoms. The molecule has 3 aliphatic heterocycles. The van der Waals surface area contributed by atoms with Gasteiger partial charge in [-0.3, -0.25) is 4.79 Å². The first-order valence-electron chi connectivity index (χ1n) is 13.6. The van der Waals surface area contributed by atoms with Gasteiger partial charge in [0.05, 0.1) is 5.02 Å². The molecule has 0 unspecified atom stereocenters. The molecule has 3 amide bonds. The summed E-state index contributed by atoms with van der Waals surface area (Å²) < 4.78 is 0. The van der Waals surface area contributed by atoms with Crippen LogP contribution in [0.5, 0.6) is 0 Å². The highest BCUT2D eigenvalue weighted by Gasteiger charge is 2.45. The number of hydrogen-bond donors (Lipinski definition) is 1. The van der Waals surface area contributed by atoms with Gasteiger partial charge in [-0.25, -0.2) is 9.78 Å². The molecule has 39 heavy (non-hydrogen) atoms. The zero-order chi connectivity index (χ0) is 27.8.